The van der Waals surface area contributed by atoms with Crippen LogP contribution < -0.4 is 10.6 Å². The molecule has 2 N–H and O–H groups in total. The van der Waals surface area contributed by atoms with Gasteiger partial charge in [-0.05, 0) is 36.6 Å². The molecule has 0 aromatic carbocycles. The van der Waals surface area contributed by atoms with Crippen LogP contribution in [0.1, 0.15) is 29.3 Å². The van der Waals surface area contributed by atoms with E-state index in [1.807, 2.05) is 12.1 Å². The fraction of sp³-hybridized carbons (Fsp3) is 0.312. The number of carbonyl (C=O) groups excluding carboxylic acids is 1. The highest BCUT2D eigenvalue weighted by molar-refractivity contribution is 5.99. The molecule has 0 bridgehead atoms. The number of hydrogen-bond acceptors (Lipinski definition) is 4. The standard InChI is InChI=1S/C16H20N4O/c1-2-7-19-15-12-18-10-6-14(15)16(21)20-11-5-13-3-8-17-9-4-13/h3-4,6,8-10,12,19H,2,5,7,11H2,1H3,(H,20,21). The Kier molecular flexibility index (Phi) is 5.70. The molecule has 0 aliphatic carbocycles. The van der Waals surface area contributed by atoms with Crippen LogP contribution in [0.3, 0.4) is 0 Å². The summed E-state index contributed by atoms with van der Waals surface area (Å²) in [6, 6.07) is 5.64. The van der Waals surface area contributed by atoms with Gasteiger partial charge in [-0.15, -0.1) is 0 Å². The Morgan fingerprint density at radius 3 is 2.62 bits per heavy atom. The van der Waals surface area contributed by atoms with Gasteiger partial charge in [-0.1, -0.05) is 6.92 Å². The lowest BCUT2D eigenvalue weighted by Gasteiger charge is -2.11. The van der Waals surface area contributed by atoms with E-state index in [0.717, 1.165) is 30.6 Å². The lowest BCUT2D eigenvalue weighted by Crippen LogP contribution is -2.26. The molecule has 2 rings (SSSR count). The van der Waals surface area contributed by atoms with Crippen LogP contribution in [-0.2, 0) is 6.42 Å². The van der Waals surface area contributed by atoms with E-state index in [9.17, 15) is 4.79 Å². The minimum Gasteiger partial charge on any atom is -0.383 e. The second kappa shape index (κ2) is 7.99. The second-order valence-electron chi connectivity index (χ2n) is 4.71. The normalized spacial score (nSPS) is 10.1. The fourth-order valence-electron chi connectivity index (χ4n) is 1.96. The summed E-state index contributed by atoms with van der Waals surface area (Å²) in [5.74, 6) is -0.0786. The highest BCUT2D eigenvalue weighted by Gasteiger charge is 2.10. The van der Waals surface area contributed by atoms with Crippen LogP contribution in [0.15, 0.2) is 43.0 Å². The molecule has 5 nitrogen and oxygen atoms in total. The summed E-state index contributed by atoms with van der Waals surface area (Å²) in [6.45, 7) is 3.50. The highest BCUT2D eigenvalue weighted by atomic mass is 16.1. The van der Waals surface area contributed by atoms with E-state index in [1.165, 1.54) is 0 Å². The third-order valence-corrected chi connectivity index (χ3v) is 3.08. The van der Waals surface area contributed by atoms with Crippen molar-refractivity contribution in [3.05, 3.63) is 54.1 Å². The Morgan fingerprint density at radius 1 is 1.10 bits per heavy atom. The number of carbonyl (C=O) groups is 1. The van der Waals surface area contributed by atoms with Crippen molar-refractivity contribution in [3.63, 3.8) is 0 Å². The van der Waals surface area contributed by atoms with Crippen LogP contribution >= 0.6 is 0 Å². The van der Waals surface area contributed by atoms with Crippen molar-refractivity contribution in [1.82, 2.24) is 15.3 Å². The molecule has 5 heteroatoms. The Hall–Kier alpha value is -2.43. The van der Waals surface area contributed by atoms with Crippen LogP contribution in [0.2, 0.25) is 0 Å². The maximum atomic E-state index is 12.2. The first-order chi connectivity index (χ1) is 10.3. The van der Waals surface area contributed by atoms with E-state index >= 15 is 0 Å². The minimum absolute atomic E-state index is 0.0786. The maximum Gasteiger partial charge on any atom is 0.253 e. The van der Waals surface area contributed by atoms with E-state index < -0.39 is 0 Å². The molecule has 110 valence electrons. The number of hydrogen-bond donors (Lipinski definition) is 2. The van der Waals surface area contributed by atoms with Crippen LogP contribution in [-0.4, -0.2) is 29.0 Å². The molecule has 2 aromatic heterocycles. The lowest BCUT2D eigenvalue weighted by atomic mass is 10.2. The van der Waals surface area contributed by atoms with E-state index in [4.69, 9.17) is 0 Å². The van der Waals surface area contributed by atoms with Gasteiger partial charge in [-0.25, -0.2) is 0 Å². The zero-order chi connectivity index (χ0) is 14.9. The number of amides is 1. The molecule has 1 amide bonds. The van der Waals surface area contributed by atoms with Gasteiger partial charge in [0.05, 0.1) is 17.4 Å². The summed E-state index contributed by atoms with van der Waals surface area (Å²) < 4.78 is 0. The summed E-state index contributed by atoms with van der Waals surface area (Å²) in [7, 11) is 0. The molecule has 0 spiro atoms. The minimum atomic E-state index is -0.0786. The zero-order valence-electron chi connectivity index (χ0n) is 12.2. The Labute approximate surface area is 124 Å². The summed E-state index contributed by atoms with van der Waals surface area (Å²) in [4.78, 5) is 20.3. The summed E-state index contributed by atoms with van der Waals surface area (Å²) >= 11 is 0. The van der Waals surface area contributed by atoms with E-state index in [0.29, 0.717) is 12.1 Å². The predicted octanol–water partition coefficient (Wildman–Crippen LogP) is 2.27. The van der Waals surface area contributed by atoms with Gasteiger partial charge in [0.2, 0.25) is 0 Å². The Bertz CT molecular complexity index is 571. The molecule has 2 heterocycles. The highest BCUT2D eigenvalue weighted by Crippen LogP contribution is 2.13. The summed E-state index contributed by atoms with van der Waals surface area (Å²) in [5, 5.41) is 6.16. The molecule has 21 heavy (non-hydrogen) atoms. The number of nitrogens with one attached hydrogen (secondary N) is 2. The van der Waals surface area contributed by atoms with E-state index in [-0.39, 0.29) is 5.91 Å². The third kappa shape index (κ3) is 4.56. The van der Waals surface area contributed by atoms with Gasteiger partial charge in [-0.2, -0.15) is 0 Å². The van der Waals surface area contributed by atoms with Crippen LogP contribution in [0.4, 0.5) is 5.69 Å². The SMILES string of the molecule is CCCNc1cnccc1C(=O)NCCc1ccncc1. The number of rotatable bonds is 7. The van der Waals surface area contributed by atoms with Crippen molar-refractivity contribution >= 4 is 11.6 Å². The van der Waals surface area contributed by atoms with Crippen LogP contribution in [0.5, 0.6) is 0 Å². The van der Waals surface area contributed by atoms with Gasteiger partial charge >= 0.3 is 0 Å². The average molecular weight is 284 g/mol. The number of aromatic nitrogens is 2. The first kappa shape index (κ1) is 15.0. The predicted molar refractivity (Wildman–Crippen MR) is 83.3 cm³/mol. The molecule has 0 fully saturated rings. The van der Waals surface area contributed by atoms with Crippen molar-refractivity contribution < 1.29 is 4.79 Å². The van der Waals surface area contributed by atoms with Crippen molar-refractivity contribution in [2.45, 2.75) is 19.8 Å². The maximum absolute atomic E-state index is 12.2. The number of nitrogens with zero attached hydrogens (tertiary/aromatic N) is 2. The van der Waals surface area contributed by atoms with Crippen molar-refractivity contribution in [1.29, 1.82) is 0 Å². The molecule has 0 saturated heterocycles. The van der Waals surface area contributed by atoms with Crippen LogP contribution in [0, 0.1) is 0 Å². The molecule has 0 atom stereocenters. The third-order valence-electron chi connectivity index (χ3n) is 3.08. The van der Waals surface area contributed by atoms with Crippen molar-refractivity contribution in [2.75, 3.05) is 18.4 Å². The summed E-state index contributed by atoms with van der Waals surface area (Å²) in [5.41, 5.74) is 2.57. The quantitative estimate of drug-likeness (QED) is 0.818. The second-order valence-corrected chi connectivity index (χ2v) is 4.71. The topological polar surface area (TPSA) is 66.9 Å². The van der Waals surface area contributed by atoms with Gasteiger partial charge in [0, 0.05) is 31.7 Å². The number of anilines is 1. The van der Waals surface area contributed by atoms with E-state index in [1.54, 1.807) is 30.9 Å². The average Bonchev–Trinajstić information content (AvgIpc) is 2.54. The van der Waals surface area contributed by atoms with Gasteiger partial charge in [0.15, 0.2) is 0 Å². The molecule has 0 aliphatic rings. The molecule has 2 aromatic rings. The van der Waals surface area contributed by atoms with E-state index in [2.05, 4.69) is 27.5 Å². The van der Waals surface area contributed by atoms with Gasteiger partial charge < -0.3 is 10.6 Å². The first-order valence-electron chi connectivity index (χ1n) is 7.16. The van der Waals surface area contributed by atoms with Crippen molar-refractivity contribution in [3.8, 4) is 0 Å². The molecular weight excluding hydrogens is 264 g/mol. The molecule has 0 saturated carbocycles. The van der Waals surface area contributed by atoms with Gasteiger partial charge in [-0.3, -0.25) is 14.8 Å². The van der Waals surface area contributed by atoms with Gasteiger partial charge in [0.1, 0.15) is 0 Å². The van der Waals surface area contributed by atoms with Crippen molar-refractivity contribution in [2.24, 2.45) is 0 Å². The van der Waals surface area contributed by atoms with Crippen LogP contribution in [0.25, 0.3) is 0 Å². The first-order valence-corrected chi connectivity index (χ1v) is 7.16. The largest absolute Gasteiger partial charge is 0.383 e. The monoisotopic (exact) mass is 284 g/mol. The molecule has 0 unspecified atom stereocenters. The Balaban J connectivity index is 1.91. The molecular formula is C16H20N4O. The Morgan fingerprint density at radius 2 is 1.86 bits per heavy atom. The molecule has 0 radical (unpaired) electrons. The zero-order valence-corrected chi connectivity index (χ0v) is 12.2. The lowest BCUT2D eigenvalue weighted by molar-refractivity contribution is 0.0955. The smallest absolute Gasteiger partial charge is 0.253 e. The molecule has 0 aliphatic heterocycles. The summed E-state index contributed by atoms with van der Waals surface area (Å²) in [6.07, 6.45) is 8.62. The fourth-order valence-corrected chi connectivity index (χ4v) is 1.96. The number of pyridine rings is 2. The van der Waals surface area contributed by atoms with Gasteiger partial charge in [0.25, 0.3) is 5.91 Å².